The van der Waals surface area contributed by atoms with Crippen molar-refractivity contribution < 1.29 is 4.74 Å². The monoisotopic (exact) mass is 295 g/mol. The van der Waals surface area contributed by atoms with E-state index in [4.69, 9.17) is 10.6 Å². The second-order valence-corrected chi connectivity index (χ2v) is 5.50. The smallest absolute Gasteiger partial charge is 0.323 e. The third-order valence-corrected chi connectivity index (χ3v) is 3.28. The molecule has 21 heavy (non-hydrogen) atoms. The highest BCUT2D eigenvalue weighted by Crippen LogP contribution is 2.16. The Morgan fingerprint density at radius 1 is 1.19 bits per heavy atom. The third-order valence-electron chi connectivity index (χ3n) is 3.28. The molecule has 2 rings (SSSR count). The van der Waals surface area contributed by atoms with Crippen LogP contribution in [0, 0.1) is 5.92 Å². The van der Waals surface area contributed by atoms with E-state index in [0.717, 1.165) is 32.7 Å². The molecule has 0 aromatic carbocycles. The molecular formula is C13H25N7O. The van der Waals surface area contributed by atoms with Crippen molar-refractivity contribution in [3.63, 3.8) is 0 Å². The SMILES string of the molecule is CCOc1nc(NN)nc(N2CCN(CC(C)C)CC2)n1. The first-order chi connectivity index (χ1) is 10.1. The number of nitrogens with zero attached hydrogens (tertiary/aromatic N) is 5. The molecule has 0 radical (unpaired) electrons. The summed E-state index contributed by atoms with van der Waals surface area (Å²) in [6.07, 6.45) is 0. The first-order valence-electron chi connectivity index (χ1n) is 7.45. The fourth-order valence-electron chi connectivity index (χ4n) is 2.39. The number of hydrogen-bond acceptors (Lipinski definition) is 8. The summed E-state index contributed by atoms with van der Waals surface area (Å²) in [6, 6.07) is 0.306. The maximum absolute atomic E-state index is 5.41. The summed E-state index contributed by atoms with van der Waals surface area (Å²) in [7, 11) is 0. The first kappa shape index (κ1) is 15.7. The van der Waals surface area contributed by atoms with Gasteiger partial charge in [-0.3, -0.25) is 10.3 Å². The van der Waals surface area contributed by atoms with Gasteiger partial charge in [0.05, 0.1) is 6.61 Å². The summed E-state index contributed by atoms with van der Waals surface area (Å²) in [6.45, 7) is 11.8. The molecule has 0 unspecified atom stereocenters. The van der Waals surface area contributed by atoms with Crippen LogP contribution in [-0.4, -0.2) is 59.2 Å². The predicted molar refractivity (Wildman–Crippen MR) is 82.3 cm³/mol. The van der Waals surface area contributed by atoms with E-state index in [1.54, 1.807) is 0 Å². The van der Waals surface area contributed by atoms with Gasteiger partial charge in [-0.25, -0.2) is 5.84 Å². The minimum atomic E-state index is 0.306. The molecular weight excluding hydrogens is 270 g/mol. The number of hydrazine groups is 1. The molecule has 1 fully saturated rings. The van der Waals surface area contributed by atoms with Gasteiger partial charge in [0.2, 0.25) is 11.9 Å². The van der Waals surface area contributed by atoms with Crippen molar-refractivity contribution in [1.82, 2.24) is 19.9 Å². The van der Waals surface area contributed by atoms with Gasteiger partial charge in [-0.2, -0.15) is 15.0 Å². The van der Waals surface area contributed by atoms with E-state index in [9.17, 15) is 0 Å². The Labute approximate surface area is 125 Å². The molecule has 8 nitrogen and oxygen atoms in total. The van der Waals surface area contributed by atoms with Gasteiger partial charge in [-0.15, -0.1) is 0 Å². The molecule has 1 aromatic rings. The van der Waals surface area contributed by atoms with Gasteiger partial charge in [0, 0.05) is 32.7 Å². The molecule has 0 amide bonds. The number of nitrogens with two attached hydrogens (primary N) is 1. The summed E-state index contributed by atoms with van der Waals surface area (Å²) < 4.78 is 5.36. The summed E-state index contributed by atoms with van der Waals surface area (Å²) in [5.41, 5.74) is 2.46. The molecule has 3 N–H and O–H groups in total. The van der Waals surface area contributed by atoms with Crippen molar-refractivity contribution in [1.29, 1.82) is 0 Å². The lowest BCUT2D eigenvalue weighted by atomic mass is 10.2. The van der Waals surface area contributed by atoms with Crippen molar-refractivity contribution in [2.45, 2.75) is 20.8 Å². The number of nitrogen functional groups attached to an aromatic ring is 1. The number of aromatic nitrogens is 3. The summed E-state index contributed by atoms with van der Waals surface area (Å²) in [5.74, 6) is 7.03. The van der Waals surface area contributed by atoms with Crippen molar-refractivity contribution >= 4 is 11.9 Å². The molecule has 2 heterocycles. The number of piperazine rings is 1. The zero-order chi connectivity index (χ0) is 15.2. The second kappa shape index (κ2) is 7.37. The maximum Gasteiger partial charge on any atom is 0.323 e. The van der Waals surface area contributed by atoms with Gasteiger partial charge in [-0.1, -0.05) is 13.8 Å². The average molecular weight is 295 g/mol. The molecule has 1 saturated heterocycles. The lowest BCUT2D eigenvalue weighted by molar-refractivity contribution is 0.230. The van der Waals surface area contributed by atoms with Gasteiger partial charge in [0.1, 0.15) is 0 Å². The highest BCUT2D eigenvalue weighted by molar-refractivity contribution is 5.38. The highest BCUT2D eigenvalue weighted by atomic mass is 16.5. The Balaban J connectivity index is 2.03. The van der Waals surface area contributed by atoms with Crippen LogP contribution >= 0.6 is 0 Å². The van der Waals surface area contributed by atoms with Crippen LogP contribution in [0.15, 0.2) is 0 Å². The van der Waals surface area contributed by atoms with E-state index < -0.39 is 0 Å². The number of hydrogen-bond donors (Lipinski definition) is 2. The van der Waals surface area contributed by atoms with Crippen LogP contribution < -0.4 is 20.9 Å². The van der Waals surface area contributed by atoms with Crippen LogP contribution in [0.4, 0.5) is 11.9 Å². The normalized spacial score (nSPS) is 16.3. The van der Waals surface area contributed by atoms with Crippen LogP contribution in [0.1, 0.15) is 20.8 Å². The van der Waals surface area contributed by atoms with Gasteiger partial charge < -0.3 is 9.64 Å². The van der Waals surface area contributed by atoms with Crippen LogP contribution in [0.5, 0.6) is 6.01 Å². The molecule has 1 aliphatic heterocycles. The van der Waals surface area contributed by atoms with Crippen molar-refractivity contribution in [2.24, 2.45) is 11.8 Å². The minimum absolute atomic E-state index is 0.306. The topological polar surface area (TPSA) is 92.4 Å². The van der Waals surface area contributed by atoms with Gasteiger partial charge in [0.25, 0.3) is 0 Å². The zero-order valence-corrected chi connectivity index (χ0v) is 13.0. The quantitative estimate of drug-likeness (QED) is 0.573. The van der Waals surface area contributed by atoms with Crippen LogP contribution in [0.3, 0.4) is 0 Å². The van der Waals surface area contributed by atoms with Gasteiger partial charge in [-0.05, 0) is 12.8 Å². The molecule has 0 bridgehead atoms. The Kier molecular flexibility index (Phi) is 5.51. The standard InChI is InChI=1S/C13H25N7O/c1-4-21-13-16-11(18-14)15-12(17-13)20-7-5-19(6-8-20)9-10(2)3/h10H,4-9,14H2,1-3H3,(H,15,16,17,18). The largest absolute Gasteiger partial charge is 0.464 e. The Hall–Kier alpha value is -1.67. The average Bonchev–Trinajstić information content (AvgIpc) is 2.47. The summed E-state index contributed by atoms with van der Waals surface area (Å²) >= 11 is 0. The summed E-state index contributed by atoms with van der Waals surface area (Å²) in [5, 5.41) is 0. The first-order valence-corrected chi connectivity index (χ1v) is 7.45. The Morgan fingerprint density at radius 3 is 2.48 bits per heavy atom. The molecule has 0 aliphatic carbocycles. The fourth-order valence-corrected chi connectivity index (χ4v) is 2.39. The van der Waals surface area contributed by atoms with Crippen molar-refractivity contribution in [3.8, 4) is 6.01 Å². The summed E-state index contributed by atoms with van der Waals surface area (Å²) in [4.78, 5) is 17.3. The molecule has 0 atom stereocenters. The fraction of sp³-hybridized carbons (Fsp3) is 0.769. The van der Waals surface area contributed by atoms with E-state index in [1.807, 2.05) is 6.92 Å². The number of nitrogens with one attached hydrogen (secondary N) is 1. The number of ether oxygens (including phenoxy) is 1. The van der Waals surface area contributed by atoms with E-state index in [1.165, 1.54) is 0 Å². The molecule has 118 valence electrons. The van der Waals surface area contributed by atoms with Crippen LogP contribution in [0.25, 0.3) is 0 Å². The number of rotatable bonds is 6. The Morgan fingerprint density at radius 2 is 1.90 bits per heavy atom. The van der Waals surface area contributed by atoms with E-state index in [2.05, 4.69) is 44.0 Å². The highest BCUT2D eigenvalue weighted by Gasteiger charge is 2.21. The van der Waals surface area contributed by atoms with E-state index >= 15 is 0 Å². The molecule has 1 aromatic heterocycles. The van der Waals surface area contributed by atoms with Crippen LogP contribution in [0.2, 0.25) is 0 Å². The molecule has 0 saturated carbocycles. The van der Waals surface area contributed by atoms with Gasteiger partial charge in [0.15, 0.2) is 0 Å². The third kappa shape index (κ3) is 4.40. The van der Waals surface area contributed by atoms with Crippen molar-refractivity contribution in [3.05, 3.63) is 0 Å². The lowest BCUT2D eigenvalue weighted by Crippen LogP contribution is -2.48. The second-order valence-electron chi connectivity index (χ2n) is 5.50. The molecule has 8 heteroatoms. The van der Waals surface area contributed by atoms with E-state index in [0.29, 0.717) is 30.4 Å². The minimum Gasteiger partial charge on any atom is -0.464 e. The predicted octanol–water partition coefficient (Wildman–Crippen LogP) is 0.334. The van der Waals surface area contributed by atoms with Crippen molar-refractivity contribution in [2.75, 3.05) is 49.7 Å². The maximum atomic E-state index is 5.41. The lowest BCUT2D eigenvalue weighted by Gasteiger charge is -2.35. The molecule has 0 spiro atoms. The van der Waals surface area contributed by atoms with E-state index in [-0.39, 0.29) is 0 Å². The van der Waals surface area contributed by atoms with Gasteiger partial charge >= 0.3 is 6.01 Å². The van der Waals surface area contributed by atoms with Crippen LogP contribution in [-0.2, 0) is 0 Å². The molecule has 1 aliphatic rings. The Bertz CT molecular complexity index is 446. The number of anilines is 2. The zero-order valence-electron chi connectivity index (χ0n) is 13.0.